The Morgan fingerprint density at radius 3 is 2.42 bits per heavy atom. The molecule has 0 N–H and O–H groups in total. The van der Waals surface area contributed by atoms with Crippen molar-refractivity contribution in [1.29, 1.82) is 0 Å². The summed E-state index contributed by atoms with van der Waals surface area (Å²) in [7, 11) is 1.79. The average molecular weight is 459 g/mol. The summed E-state index contributed by atoms with van der Waals surface area (Å²) < 4.78 is 12.9. The minimum Gasteiger partial charge on any atom is -0.454 e. The lowest BCUT2D eigenvalue weighted by atomic mass is 10.2. The van der Waals surface area contributed by atoms with Crippen molar-refractivity contribution in [1.82, 2.24) is 14.8 Å². The number of nitrogens with zero attached hydrogens (tertiary/aromatic N) is 4. The van der Waals surface area contributed by atoms with Crippen molar-refractivity contribution in [3.8, 4) is 28.6 Å². The van der Waals surface area contributed by atoms with Crippen LogP contribution in [0.15, 0.2) is 84.0 Å². The molecule has 4 aromatic rings. The van der Waals surface area contributed by atoms with E-state index in [-0.39, 0.29) is 18.0 Å². The van der Waals surface area contributed by atoms with Gasteiger partial charge in [0.15, 0.2) is 22.5 Å². The van der Waals surface area contributed by atoms with Gasteiger partial charge in [0.2, 0.25) is 12.7 Å². The van der Waals surface area contributed by atoms with Crippen LogP contribution >= 0.6 is 11.8 Å². The largest absolute Gasteiger partial charge is 0.454 e. The minimum absolute atomic E-state index is 0.0153. The number of amides is 1. The smallest absolute Gasteiger partial charge is 0.240 e. The molecule has 1 aromatic heterocycles. The molecule has 0 unspecified atom stereocenters. The Bertz CT molecular complexity index is 1280. The second kappa shape index (κ2) is 8.99. The van der Waals surface area contributed by atoms with Crippen molar-refractivity contribution in [2.75, 3.05) is 18.7 Å². The normalized spacial score (nSPS) is 13.0. The number of carbonyl (C=O) groups is 1. The fourth-order valence-corrected chi connectivity index (χ4v) is 4.60. The van der Waals surface area contributed by atoms with E-state index in [0.29, 0.717) is 22.5 Å². The molecule has 1 aliphatic rings. The Morgan fingerprint density at radius 2 is 1.67 bits per heavy atom. The van der Waals surface area contributed by atoms with Gasteiger partial charge in [-0.3, -0.25) is 9.36 Å². The lowest BCUT2D eigenvalue weighted by Gasteiger charge is -2.21. The molecule has 3 aromatic carbocycles. The number of fused-ring (bicyclic) bond motifs is 1. The molecule has 1 atom stereocenters. The highest BCUT2D eigenvalue weighted by molar-refractivity contribution is 8.00. The molecule has 2 heterocycles. The van der Waals surface area contributed by atoms with E-state index in [9.17, 15) is 4.79 Å². The summed E-state index contributed by atoms with van der Waals surface area (Å²) in [4.78, 5) is 14.8. The van der Waals surface area contributed by atoms with E-state index >= 15 is 0 Å². The summed E-state index contributed by atoms with van der Waals surface area (Å²) in [5.41, 5.74) is 2.61. The molecule has 8 heteroatoms. The molecule has 0 saturated heterocycles. The number of ether oxygens (including phenoxy) is 2. The minimum atomic E-state index is -0.369. The van der Waals surface area contributed by atoms with Crippen LogP contribution in [0.4, 0.5) is 5.69 Å². The van der Waals surface area contributed by atoms with Crippen LogP contribution in [0.3, 0.4) is 0 Å². The van der Waals surface area contributed by atoms with E-state index in [1.54, 1.807) is 11.9 Å². The number of para-hydroxylation sites is 2. The second-order valence-electron chi connectivity index (χ2n) is 7.54. The first-order valence-electron chi connectivity index (χ1n) is 10.5. The highest BCUT2D eigenvalue weighted by atomic mass is 32.2. The van der Waals surface area contributed by atoms with Gasteiger partial charge in [0, 0.05) is 24.0 Å². The second-order valence-corrected chi connectivity index (χ2v) is 8.85. The van der Waals surface area contributed by atoms with E-state index in [0.717, 1.165) is 16.9 Å². The van der Waals surface area contributed by atoms with Crippen LogP contribution in [0, 0.1) is 0 Å². The zero-order valence-electron chi connectivity index (χ0n) is 18.2. The lowest BCUT2D eigenvalue weighted by molar-refractivity contribution is -0.117. The summed E-state index contributed by atoms with van der Waals surface area (Å²) in [5, 5.41) is 9.19. The van der Waals surface area contributed by atoms with Gasteiger partial charge in [0.25, 0.3) is 0 Å². The number of benzene rings is 3. The first-order chi connectivity index (χ1) is 16.1. The predicted molar refractivity (Wildman–Crippen MR) is 128 cm³/mol. The highest BCUT2D eigenvalue weighted by Gasteiger charge is 2.25. The summed E-state index contributed by atoms with van der Waals surface area (Å²) in [5.74, 6) is 2.04. The fraction of sp³-hybridized carbons (Fsp3) is 0.160. The molecule has 1 aliphatic heterocycles. The van der Waals surface area contributed by atoms with Gasteiger partial charge in [-0.25, -0.2) is 0 Å². The first-order valence-corrected chi connectivity index (χ1v) is 11.4. The maximum absolute atomic E-state index is 13.1. The molecule has 0 spiro atoms. The molecule has 7 nitrogen and oxygen atoms in total. The Morgan fingerprint density at radius 1 is 0.970 bits per heavy atom. The standard InChI is InChI=1S/C25H22N4O3S/c1-17(24(30)28(2)19-9-5-3-6-10-19)33-25-27-26-23(29(25)20-11-7-4-8-12-20)18-13-14-21-22(15-18)32-16-31-21/h3-15,17H,16H2,1-2H3/t17-/m1/s1. The molecule has 33 heavy (non-hydrogen) atoms. The molecule has 1 amide bonds. The van der Waals surface area contributed by atoms with Gasteiger partial charge in [0.1, 0.15) is 0 Å². The Kier molecular flexibility index (Phi) is 5.75. The fourth-order valence-electron chi connectivity index (χ4n) is 3.64. The van der Waals surface area contributed by atoms with Crippen molar-refractivity contribution in [2.45, 2.75) is 17.3 Å². The number of hydrogen-bond donors (Lipinski definition) is 0. The molecule has 0 saturated carbocycles. The van der Waals surface area contributed by atoms with Crippen LogP contribution in [-0.2, 0) is 4.79 Å². The first kappa shape index (κ1) is 21.1. The van der Waals surface area contributed by atoms with Gasteiger partial charge in [-0.2, -0.15) is 0 Å². The van der Waals surface area contributed by atoms with E-state index in [4.69, 9.17) is 9.47 Å². The van der Waals surface area contributed by atoms with Gasteiger partial charge in [0.05, 0.1) is 5.25 Å². The predicted octanol–water partition coefficient (Wildman–Crippen LogP) is 4.81. The summed E-state index contributed by atoms with van der Waals surface area (Å²) in [6.07, 6.45) is 0. The molecule has 0 fully saturated rings. The van der Waals surface area contributed by atoms with Crippen molar-refractivity contribution in [2.24, 2.45) is 0 Å². The molecule has 0 aliphatic carbocycles. The van der Waals surface area contributed by atoms with Crippen LogP contribution < -0.4 is 14.4 Å². The van der Waals surface area contributed by atoms with Crippen molar-refractivity contribution in [3.63, 3.8) is 0 Å². The van der Waals surface area contributed by atoms with Crippen molar-refractivity contribution < 1.29 is 14.3 Å². The van der Waals surface area contributed by atoms with Crippen LogP contribution in [0.1, 0.15) is 6.92 Å². The number of aromatic nitrogens is 3. The van der Waals surface area contributed by atoms with E-state index in [1.165, 1.54) is 11.8 Å². The zero-order valence-corrected chi connectivity index (χ0v) is 19.0. The van der Waals surface area contributed by atoms with Gasteiger partial charge in [-0.05, 0) is 49.4 Å². The quantitative estimate of drug-likeness (QED) is 0.387. The van der Waals surface area contributed by atoms with E-state index in [1.807, 2.05) is 90.4 Å². The molecule has 166 valence electrons. The number of hydrogen-bond acceptors (Lipinski definition) is 6. The van der Waals surface area contributed by atoms with Crippen LogP contribution in [-0.4, -0.2) is 39.8 Å². The Balaban J connectivity index is 1.48. The molecule has 5 rings (SSSR count). The van der Waals surface area contributed by atoms with Crippen molar-refractivity contribution >= 4 is 23.4 Å². The highest BCUT2D eigenvalue weighted by Crippen LogP contribution is 2.37. The third kappa shape index (κ3) is 4.17. The number of carbonyl (C=O) groups excluding carboxylic acids is 1. The average Bonchev–Trinajstić information content (AvgIpc) is 3.50. The zero-order chi connectivity index (χ0) is 22.8. The van der Waals surface area contributed by atoms with Crippen molar-refractivity contribution in [3.05, 3.63) is 78.9 Å². The molecular weight excluding hydrogens is 436 g/mol. The molecule has 0 radical (unpaired) electrons. The van der Waals surface area contributed by atoms with Crippen LogP contribution in [0.5, 0.6) is 11.5 Å². The maximum atomic E-state index is 13.1. The maximum Gasteiger partial charge on any atom is 0.240 e. The third-order valence-electron chi connectivity index (χ3n) is 5.38. The summed E-state index contributed by atoms with van der Waals surface area (Å²) in [6.45, 7) is 2.09. The number of thioether (sulfide) groups is 1. The van der Waals surface area contributed by atoms with Gasteiger partial charge < -0.3 is 14.4 Å². The number of rotatable bonds is 6. The van der Waals surface area contributed by atoms with Gasteiger partial charge >= 0.3 is 0 Å². The topological polar surface area (TPSA) is 69.5 Å². The van der Waals surface area contributed by atoms with E-state index in [2.05, 4.69) is 10.2 Å². The Labute approximate surface area is 196 Å². The van der Waals surface area contributed by atoms with Gasteiger partial charge in [-0.15, -0.1) is 10.2 Å². The third-order valence-corrected chi connectivity index (χ3v) is 6.41. The van der Waals surface area contributed by atoms with Gasteiger partial charge in [-0.1, -0.05) is 48.2 Å². The number of anilines is 1. The monoisotopic (exact) mass is 458 g/mol. The SMILES string of the molecule is C[C@@H](Sc1nnc(-c2ccc3c(c2)OCO3)n1-c1ccccc1)C(=O)N(C)c1ccccc1. The molecule has 0 bridgehead atoms. The van der Waals surface area contributed by atoms with E-state index < -0.39 is 0 Å². The van der Waals surface area contributed by atoms with Crippen LogP contribution in [0.25, 0.3) is 17.1 Å². The van der Waals surface area contributed by atoms with Crippen LogP contribution in [0.2, 0.25) is 0 Å². The summed E-state index contributed by atoms with van der Waals surface area (Å²) in [6, 6.07) is 25.2. The Hall–Kier alpha value is -3.78. The lowest BCUT2D eigenvalue weighted by Crippen LogP contribution is -2.33. The molecular formula is C25H22N4O3S. The summed E-state index contributed by atoms with van der Waals surface area (Å²) >= 11 is 1.38.